The summed E-state index contributed by atoms with van der Waals surface area (Å²) in [5.41, 5.74) is 6.59. The number of hydrogen-bond acceptors (Lipinski definition) is 10. The maximum atomic E-state index is 12.9. The van der Waals surface area contributed by atoms with Crippen LogP contribution >= 0.6 is 0 Å². The number of carboxylic acids is 1. The fraction of sp³-hybridized carbons (Fsp3) is 0.643. The number of amides is 3. The fourth-order valence-electron chi connectivity index (χ4n) is 3.45. The van der Waals surface area contributed by atoms with E-state index in [2.05, 4.69) is 10.6 Å². The molecule has 1 rings (SSSR count). The van der Waals surface area contributed by atoms with Crippen molar-refractivity contribution >= 4 is 29.6 Å². The molecule has 42 heavy (non-hydrogen) atoms. The minimum absolute atomic E-state index is 0.0620. The number of aliphatic carboxylic acids is 1. The number of rotatable bonds is 19. The first-order valence-electron chi connectivity index (χ1n) is 14.0. The Hall–Kier alpha value is -3.46. The first kappa shape index (κ1) is 36.6. The molecule has 14 nitrogen and oxygen atoms in total. The third-order valence-corrected chi connectivity index (χ3v) is 6.22. The molecule has 0 aliphatic rings. The Balaban J connectivity index is 3.12. The molecule has 1 aromatic rings. The molecule has 0 fully saturated rings. The SMILES string of the molecule is CCC(O)CC(OCCO)Oc1cc(COC(=O)N(C)CCCC(=O)O)ccc1NC(=O)[C@H](C)NC(=O)C(N)C(C)C. The summed E-state index contributed by atoms with van der Waals surface area (Å²) in [5, 5.41) is 33.4. The summed E-state index contributed by atoms with van der Waals surface area (Å²) < 4.78 is 16.9. The summed E-state index contributed by atoms with van der Waals surface area (Å²) in [4.78, 5) is 49.6. The van der Waals surface area contributed by atoms with Gasteiger partial charge < -0.3 is 50.8 Å². The monoisotopic (exact) mass is 598 g/mol. The Morgan fingerprint density at radius 1 is 1.12 bits per heavy atom. The van der Waals surface area contributed by atoms with Crippen molar-refractivity contribution in [3.63, 3.8) is 0 Å². The lowest BCUT2D eigenvalue weighted by molar-refractivity contribution is -0.137. The Bertz CT molecular complexity index is 1020. The Kier molecular flexibility index (Phi) is 16.4. The smallest absolute Gasteiger partial charge is 0.409 e. The van der Waals surface area contributed by atoms with E-state index < -0.39 is 48.4 Å². The molecule has 0 radical (unpaired) electrons. The number of nitrogens with two attached hydrogens (primary N) is 1. The molecule has 3 unspecified atom stereocenters. The number of benzene rings is 1. The zero-order valence-electron chi connectivity index (χ0n) is 25.0. The third-order valence-electron chi connectivity index (χ3n) is 6.22. The number of carbonyl (C=O) groups is 4. The maximum absolute atomic E-state index is 12.9. The third kappa shape index (κ3) is 13.5. The second kappa shape index (κ2) is 18.9. The van der Waals surface area contributed by atoms with Crippen LogP contribution in [0.2, 0.25) is 0 Å². The molecule has 0 heterocycles. The molecule has 1 aromatic carbocycles. The van der Waals surface area contributed by atoms with Crippen molar-refractivity contribution in [3.05, 3.63) is 23.8 Å². The minimum Gasteiger partial charge on any atom is -0.481 e. The minimum atomic E-state index is -0.984. The molecule has 0 spiro atoms. The summed E-state index contributed by atoms with van der Waals surface area (Å²) >= 11 is 0. The summed E-state index contributed by atoms with van der Waals surface area (Å²) in [6, 6.07) is 2.94. The number of carboxylic acid groups (broad SMARTS) is 1. The number of hydrogen-bond donors (Lipinski definition) is 6. The van der Waals surface area contributed by atoms with Gasteiger partial charge in [0.25, 0.3) is 0 Å². The van der Waals surface area contributed by atoms with Crippen molar-refractivity contribution in [2.75, 3.05) is 32.1 Å². The van der Waals surface area contributed by atoms with E-state index in [0.717, 1.165) is 0 Å². The number of anilines is 1. The summed E-state index contributed by atoms with van der Waals surface area (Å²) in [6.45, 7) is 6.57. The summed E-state index contributed by atoms with van der Waals surface area (Å²) in [5.74, 6) is -1.97. The van der Waals surface area contributed by atoms with Crippen LogP contribution in [0.25, 0.3) is 0 Å². The summed E-state index contributed by atoms with van der Waals surface area (Å²) in [6.07, 6.45) is -1.70. The van der Waals surface area contributed by atoms with Gasteiger partial charge in [-0.15, -0.1) is 0 Å². The Morgan fingerprint density at radius 3 is 2.40 bits per heavy atom. The lowest BCUT2D eigenvalue weighted by Crippen LogP contribution is -2.50. The van der Waals surface area contributed by atoms with E-state index in [4.69, 9.17) is 25.1 Å². The van der Waals surface area contributed by atoms with Gasteiger partial charge in [0.05, 0.1) is 31.0 Å². The van der Waals surface area contributed by atoms with E-state index in [1.54, 1.807) is 26.8 Å². The summed E-state index contributed by atoms with van der Waals surface area (Å²) in [7, 11) is 1.49. The normalized spacial score (nSPS) is 13.9. The van der Waals surface area contributed by atoms with Crippen LogP contribution in [0.1, 0.15) is 58.9 Å². The van der Waals surface area contributed by atoms with Crippen LogP contribution in [0.5, 0.6) is 5.75 Å². The Morgan fingerprint density at radius 2 is 1.81 bits per heavy atom. The van der Waals surface area contributed by atoms with Crippen LogP contribution in [-0.2, 0) is 30.5 Å². The van der Waals surface area contributed by atoms with E-state index >= 15 is 0 Å². The number of carbonyl (C=O) groups excluding carboxylic acids is 3. The van der Waals surface area contributed by atoms with Crippen molar-refractivity contribution in [2.24, 2.45) is 11.7 Å². The van der Waals surface area contributed by atoms with Crippen LogP contribution in [0.15, 0.2) is 18.2 Å². The number of aliphatic hydroxyl groups excluding tert-OH is 2. The van der Waals surface area contributed by atoms with E-state index in [1.807, 2.05) is 0 Å². The average molecular weight is 599 g/mol. The van der Waals surface area contributed by atoms with Gasteiger partial charge in [0.2, 0.25) is 18.1 Å². The predicted octanol–water partition coefficient (Wildman–Crippen LogP) is 1.42. The zero-order valence-corrected chi connectivity index (χ0v) is 25.0. The predicted molar refractivity (Wildman–Crippen MR) is 154 cm³/mol. The van der Waals surface area contributed by atoms with E-state index in [-0.39, 0.29) is 63.0 Å². The van der Waals surface area contributed by atoms with Gasteiger partial charge in [-0.25, -0.2) is 4.79 Å². The first-order valence-corrected chi connectivity index (χ1v) is 14.0. The van der Waals surface area contributed by atoms with Crippen molar-refractivity contribution in [3.8, 4) is 5.75 Å². The number of aliphatic hydroxyl groups is 2. The largest absolute Gasteiger partial charge is 0.481 e. The highest BCUT2D eigenvalue weighted by Crippen LogP contribution is 2.29. The second-order valence-corrected chi connectivity index (χ2v) is 10.2. The lowest BCUT2D eigenvalue weighted by Gasteiger charge is -2.24. The standard InChI is InChI=1S/C28H46N4O10/c1-6-20(34)15-24(40-13-12-33)42-22-14-19(16-41-28(39)32(5)11-7-8-23(35)36)9-10-21(22)31-26(37)18(4)30-27(38)25(29)17(2)3/h9-10,14,17-18,20,24-25,33-34H,6-8,11-13,15-16,29H2,1-5H3,(H,30,38)(H,31,37)(H,35,36)/t18-,20?,24?,25?/m0/s1. The molecule has 3 amide bonds. The number of nitrogens with zero attached hydrogens (tertiary/aromatic N) is 1. The molecule has 0 saturated carbocycles. The zero-order chi connectivity index (χ0) is 31.8. The van der Waals surface area contributed by atoms with Crippen molar-refractivity contribution in [1.82, 2.24) is 10.2 Å². The quantitative estimate of drug-likeness (QED) is 0.125. The molecular weight excluding hydrogens is 552 g/mol. The van der Waals surface area contributed by atoms with Gasteiger partial charge in [-0.1, -0.05) is 26.8 Å². The molecule has 14 heteroatoms. The van der Waals surface area contributed by atoms with Gasteiger partial charge in [-0.05, 0) is 43.4 Å². The molecule has 0 aliphatic carbocycles. The average Bonchev–Trinajstić information content (AvgIpc) is 2.94. The van der Waals surface area contributed by atoms with Gasteiger partial charge in [0.1, 0.15) is 18.4 Å². The molecule has 0 bridgehead atoms. The van der Waals surface area contributed by atoms with E-state index in [0.29, 0.717) is 12.0 Å². The van der Waals surface area contributed by atoms with Crippen LogP contribution in [0.3, 0.4) is 0 Å². The van der Waals surface area contributed by atoms with E-state index in [9.17, 15) is 29.4 Å². The van der Waals surface area contributed by atoms with Crippen LogP contribution in [0, 0.1) is 5.92 Å². The molecule has 0 aromatic heterocycles. The van der Waals surface area contributed by atoms with Crippen molar-refractivity contribution in [1.29, 1.82) is 0 Å². The highest BCUT2D eigenvalue weighted by molar-refractivity contribution is 5.98. The second-order valence-electron chi connectivity index (χ2n) is 10.2. The van der Waals surface area contributed by atoms with Crippen molar-refractivity contribution in [2.45, 2.75) is 84.5 Å². The van der Waals surface area contributed by atoms with Gasteiger partial charge in [0, 0.05) is 26.4 Å². The molecule has 0 aliphatic heterocycles. The van der Waals surface area contributed by atoms with E-state index in [1.165, 1.54) is 31.0 Å². The van der Waals surface area contributed by atoms with Gasteiger partial charge in [-0.2, -0.15) is 0 Å². The molecule has 0 saturated heterocycles. The maximum Gasteiger partial charge on any atom is 0.409 e. The van der Waals surface area contributed by atoms with Gasteiger partial charge in [-0.3, -0.25) is 14.4 Å². The topological polar surface area (TPSA) is 210 Å². The first-order chi connectivity index (χ1) is 19.8. The number of nitrogens with one attached hydrogen (secondary N) is 2. The van der Waals surface area contributed by atoms with Crippen LogP contribution in [-0.4, -0.2) is 95.4 Å². The molecular formula is C28H46N4O10. The Labute approximate surface area is 246 Å². The molecule has 238 valence electrons. The van der Waals surface area contributed by atoms with Crippen LogP contribution in [0.4, 0.5) is 10.5 Å². The van der Waals surface area contributed by atoms with Gasteiger partial charge in [0.15, 0.2) is 0 Å². The van der Waals surface area contributed by atoms with Crippen molar-refractivity contribution < 1.29 is 48.7 Å². The molecule has 7 N–H and O–H groups in total. The molecule has 4 atom stereocenters. The fourth-order valence-corrected chi connectivity index (χ4v) is 3.45. The van der Waals surface area contributed by atoms with Gasteiger partial charge >= 0.3 is 12.1 Å². The van der Waals surface area contributed by atoms with Crippen LogP contribution < -0.4 is 21.1 Å². The number of ether oxygens (including phenoxy) is 3. The lowest BCUT2D eigenvalue weighted by atomic mass is 10.0. The highest BCUT2D eigenvalue weighted by atomic mass is 16.7. The highest BCUT2D eigenvalue weighted by Gasteiger charge is 2.24.